The smallest absolute Gasteiger partial charge is 0.295 e. The summed E-state index contributed by atoms with van der Waals surface area (Å²) in [6, 6.07) is -0.00400. The van der Waals surface area contributed by atoms with Gasteiger partial charge < -0.3 is 4.74 Å². The average molecular weight is 234 g/mol. The molecule has 0 unspecified atom stereocenters. The molecule has 0 spiro atoms. The van der Waals surface area contributed by atoms with E-state index in [4.69, 9.17) is 4.74 Å². The average Bonchev–Trinajstić information content (AvgIpc) is 2.81. The van der Waals surface area contributed by atoms with Gasteiger partial charge in [-0.2, -0.15) is 5.10 Å². The second kappa shape index (κ2) is 4.40. The number of imidazole rings is 1. The molecule has 17 heavy (non-hydrogen) atoms. The van der Waals surface area contributed by atoms with Gasteiger partial charge in [-0.25, -0.2) is 9.67 Å². The van der Waals surface area contributed by atoms with Crippen molar-refractivity contribution in [2.75, 3.05) is 7.11 Å². The Hall–Kier alpha value is -2.11. The summed E-state index contributed by atoms with van der Waals surface area (Å²) in [7, 11) is 1.51. The third-order valence-electron chi connectivity index (χ3n) is 2.42. The molecule has 90 valence electrons. The fourth-order valence-electron chi connectivity index (χ4n) is 1.59. The number of aromatic nitrogens is 4. The van der Waals surface area contributed by atoms with E-state index in [-0.39, 0.29) is 11.6 Å². The molecule has 6 nitrogen and oxygen atoms in total. The Morgan fingerprint density at radius 2 is 2.18 bits per heavy atom. The maximum Gasteiger partial charge on any atom is 0.295 e. The Bertz CT molecular complexity index is 557. The predicted molar refractivity (Wildman–Crippen MR) is 62.6 cm³/mol. The molecule has 0 aliphatic carbocycles. The Morgan fingerprint density at radius 3 is 2.71 bits per heavy atom. The van der Waals surface area contributed by atoms with E-state index in [1.165, 1.54) is 18.0 Å². The van der Waals surface area contributed by atoms with Crippen LogP contribution in [0, 0.1) is 0 Å². The van der Waals surface area contributed by atoms with Crippen molar-refractivity contribution in [2.24, 2.45) is 0 Å². The zero-order valence-electron chi connectivity index (χ0n) is 9.99. The third-order valence-corrected chi connectivity index (χ3v) is 2.42. The van der Waals surface area contributed by atoms with Crippen molar-refractivity contribution in [1.82, 2.24) is 19.3 Å². The van der Waals surface area contributed by atoms with Gasteiger partial charge in [0.2, 0.25) is 0 Å². The first kappa shape index (κ1) is 11.4. The number of nitrogens with zero attached hydrogens (tertiary/aromatic N) is 4. The molecule has 2 aromatic rings. The molecule has 6 heteroatoms. The monoisotopic (exact) mass is 234 g/mol. The zero-order valence-corrected chi connectivity index (χ0v) is 9.99. The second-order valence-corrected chi connectivity index (χ2v) is 3.87. The third kappa shape index (κ3) is 1.93. The Morgan fingerprint density at radius 1 is 1.41 bits per heavy atom. The summed E-state index contributed by atoms with van der Waals surface area (Å²) < 4.78 is 8.20. The highest BCUT2D eigenvalue weighted by Gasteiger charge is 2.14. The number of rotatable bonds is 3. The molecule has 2 heterocycles. The quantitative estimate of drug-likeness (QED) is 0.795. The van der Waals surface area contributed by atoms with E-state index in [2.05, 4.69) is 10.1 Å². The van der Waals surface area contributed by atoms with Gasteiger partial charge in [-0.1, -0.05) is 0 Å². The van der Waals surface area contributed by atoms with E-state index in [1.54, 1.807) is 23.3 Å². The van der Waals surface area contributed by atoms with Crippen LogP contribution in [0.2, 0.25) is 0 Å². The van der Waals surface area contributed by atoms with Gasteiger partial charge in [-0.3, -0.25) is 9.36 Å². The van der Waals surface area contributed by atoms with Gasteiger partial charge in [-0.05, 0) is 13.8 Å². The van der Waals surface area contributed by atoms with E-state index in [1.807, 2.05) is 13.8 Å². The van der Waals surface area contributed by atoms with Crippen LogP contribution < -0.4 is 10.3 Å². The van der Waals surface area contributed by atoms with Crippen molar-refractivity contribution in [3.8, 4) is 11.4 Å². The van der Waals surface area contributed by atoms with Crippen molar-refractivity contribution in [3.63, 3.8) is 0 Å². The summed E-state index contributed by atoms with van der Waals surface area (Å²) >= 11 is 0. The normalized spacial score (nSPS) is 10.8. The topological polar surface area (TPSA) is 61.9 Å². The van der Waals surface area contributed by atoms with Crippen LogP contribution in [-0.4, -0.2) is 26.4 Å². The molecule has 0 aliphatic rings. The van der Waals surface area contributed by atoms with E-state index < -0.39 is 0 Å². The van der Waals surface area contributed by atoms with E-state index in [9.17, 15) is 4.79 Å². The van der Waals surface area contributed by atoms with Crippen molar-refractivity contribution in [1.29, 1.82) is 0 Å². The van der Waals surface area contributed by atoms with Gasteiger partial charge in [0.15, 0.2) is 11.4 Å². The van der Waals surface area contributed by atoms with E-state index in [0.717, 1.165) is 0 Å². The van der Waals surface area contributed by atoms with Gasteiger partial charge in [-0.15, -0.1) is 0 Å². The van der Waals surface area contributed by atoms with Gasteiger partial charge >= 0.3 is 0 Å². The fourth-order valence-corrected chi connectivity index (χ4v) is 1.59. The van der Waals surface area contributed by atoms with Crippen LogP contribution in [0.25, 0.3) is 5.69 Å². The first-order valence-corrected chi connectivity index (χ1v) is 5.29. The predicted octanol–water partition coefficient (Wildman–Crippen LogP) is 1.02. The van der Waals surface area contributed by atoms with Gasteiger partial charge in [0.1, 0.15) is 0 Å². The van der Waals surface area contributed by atoms with Gasteiger partial charge in [0.25, 0.3) is 5.56 Å². The summed E-state index contributed by atoms with van der Waals surface area (Å²) in [6.45, 7) is 3.80. The molecule has 0 radical (unpaired) electrons. The lowest BCUT2D eigenvalue weighted by molar-refractivity contribution is 0.399. The molecule has 0 atom stereocenters. The minimum atomic E-state index is -0.197. The second-order valence-electron chi connectivity index (χ2n) is 3.87. The fraction of sp³-hybridized carbons (Fsp3) is 0.364. The molecule has 0 bridgehead atoms. The SMILES string of the molecule is COc1cnn(C(C)C)c(=O)c1-n1ccnc1. The van der Waals surface area contributed by atoms with Crippen molar-refractivity contribution >= 4 is 0 Å². The van der Waals surface area contributed by atoms with Crippen molar-refractivity contribution < 1.29 is 4.74 Å². The van der Waals surface area contributed by atoms with Crippen LogP contribution in [0.3, 0.4) is 0 Å². The van der Waals surface area contributed by atoms with Crippen LogP contribution in [0.15, 0.2) is 29.7 Å². The minimum Gasteiger partial charge on any atom is -0.493 e. The first-order chi connectivity index (χ1) is 8.15. The van der Waals surface area contributed by atoms with Gasteiger partial charge in [0.05, 0.1) is 25.7 Å². The molecule has 0 aromatic carbocycles. The molecule has 0 fully saturated rings. The van der Waals surface area contributed by atoms with Crippen LogP contribution >= 0.6 is 0 Å². The molecule has 2 rings (SSSR count). The lowest BCUT2D eigenvalue weighted by atomic mass is 10.3. The van der Waals surface area contributed by atoms with Crippen molar-refractivity contribution in [3.05, 3.63) is 35.3 Å². The highest BCUT2D eigenvalue weighted by Crippen LogP contribution is 2.17. The largest absolute Gasteiger partial charge is 0.493 e. The summed E-state index contributed by atoms with van der Waals surface area (Å²) in [6.07, 6.45) is 6.41. The Balaban J connectivity index is 2.70. The van der Waals surface area contributed by atoms with E-state index >= 15 is 0 Å². The number of hydrogen-bond donors (Lipinski definition) is 0. The summed E-state index contributed by atoms with van der Waals surface area (Å²) in [5.74, 6) is 0.435. The minimum absolute atomic E-state index is 0.00400. The molecule has 0 saturated heterocycles. The summed E-state index contributed by atoms with van der Waals surface area (Å²) in [5.41, 5.74) is 0.228. The summed E-state index contributed by atoms with van der Waals surface area (Å²) in [4.78, 5) is 16.2. The lowest BCUT2D eigenvalue weighted by Gasteiger charge is -2.13. The molecule has 0 amide bonds. The summed E-state index contributed by atoms with van der Waals surface area (Å²) in [5, 5.41) is 4.06. The highest BCUT2D eigenvalue weighted by molar-refractivity contribution is 5.42. The molecule has 0 saturated carbocycles. The molecule has 0 N–H and O–H groups in total. The Labute approximate surface area is 98.5 Å². The molecule has 0 aliphatic heterocycles. The van der Waals surface area contributed by atoms with Crippen LogP contribution in [0.1, 0.15) is 19.9 Å². The maximum atomic E-state index is 12.3. The lowest BCUT2D eigenvalue weighted by Crippen LogP contribution is -2.28. The first-order valence-electron chi connectivity index (χ1n) is 5.29. The number of methoxy groups -OCH3 is 1. The van der Waals surface area contributed by atoms with Gasteiger partial charge in [0, 0.05) is 12.4 Å². The molecule has 2 aromatic heterocycles. The molecular formula is C11H14N4O2. The zero-order chi connectivity index (χ0) is 12.4. The standard InChI is InChI=1S/C11H14N4O2/c1-8(2)15-11(16)10(9(17-3)6-13-15)14-5-4-12-7-14/h4-8H,1-3H3. The van der Waals surface area contributed by atoms with E-state index in [0.29, 0.717) is 11.4 Å². The molecular weight excluding hydrogens is 220 g/mol. The Kier molecular flexibility index (Phi) is 2.95. The number of hydrogen-bond acceptors (Lipinski definition) is 4. The van der Waals surface area contributed by atoms with Crippen LogP contribution in [0.4, 0.5) is 0 Å². The maximum absolute atomic E-state index is 12.3. The van der Waals surface area contributed by atoms with Crippen LogP contribution in [0.5, 0.6) is 5.75 Å². The van der Waals surface area contributed by atoms with Crippen molar-refractivity contribution in [2.45, 2.75) is 19.9 Å². The highest BCUT2D eigenvalue weighted by atomic mass is 16.5. The van der Waals surface area contributed by atoms with Crippen LogP contribution in [-0.2, 0) is 0 Å². The number of ether oxygens (including phenoxy) is 1.